The number of hydrogen-bond donors (Lipinski definition) is 2. The standard InChI is InChI=1S/C14H17N3O2/c1-7-5-8(2)10(9(3)6-7)11-12(14(18)19-4)16-17-13(11)15/h5-6H,1-4H3,(H3,15,16,17). The van der Waals surface area contributed by atoms with Gasteiger partial charge in [-0.2, -0.15) is 5.10 Å². The van der Waals surface area contributed by atoms with Gasteiger partial charge >= 0.3 is 5.97 Å². The second-order valence-electron chi connectivity index (χ2n) is 4.62. The van der Waals surface area contributed by atoms with Gasteiger partial charge in [-0.1, -0.05) is 17.7 Å². The average Bonchev–Trinajstić information content (AvgIpc) is 2.70. The number of aromatic nitrogens is 2. The van der Waals surface area contributed by atoms with Crippen LogP contribution in [-0.4, -0.2) is 23.3 Å². The minimum absolute atomic E-state index is 0.287. The number of nitrogen functional groups attached to an aromatic ring is 1. The number of carbonyl (C=O) groups is 1. The molecule has 0 aliphatic carbocycles. The molecule has 0 unspecified atom stereocenters. The third kappa shape index (κ3) is 2.19. The predicted octanol–water partition coefficient (Wildman–Crippen LogP) is 2.37. The summed E-state index contributed by atoms with van der Waals surface area (Å²) >= 11 is 0. The second kappa shape index (κ2) is 4.76. The van der Waals surface area contributed by atoms with E-state index < -0.39 is 5.97 Å². The first-order chi connectivity index (χ1) is 8.95. The summed E-state index contributed by atoms with van der Waals surface area (Å²) in [5.74, 6) is -0.172. The maximum atomic E-state index is 11.8. The summed E-state index contributed by atoms with van der Waals surface area (Å²) in [4.78, 5) is 11.8. The average molecular weight is 259 g/mol. The summed E-state index contributed by atoms with van der Waals surface area (Å²) < 4.78 is 4.75. The fraction of sp³-hybridized carbons (Fsp3) is 0.286. The molecule has 0 aliphatic rings. The van der Waals surface area contributed by atoms with Crippen LogP contribution in [0.25, 0.3) is 11.1 Å². The highest BCUT2D eigenvalue weighted by Crippen LogP contribution is 2.34. The summed E-state index contributed by atoms with van der Waals surface area (Å²) in [7, 11) is 1.33. The van der Waals surface area contributed by atoms with Crippen LogP contribution in [0.1, 0.15) is 27.2 Å². The van der Waals surface area contributed by atoms with E-state index in [1.165, 1.54) is 12.7 Å². The fourth-order valence-corrected chi connectivity index (χ4v) is 2.43. The third-order valence-corrected chi connectivity index (χ3v) is 3.11. The maximum Gasteiger partial charge on any atom is 0.356 e. The van der Waals surface area contributed by atoms with Crippen molar-refractivity contribution >= 4 is 11.8 Å². The third-order valence-electron chi connectivity index (χ3n) is 3.11. The quantitative estimate of drug-likeness (QED) is 0.811. The number of rotatable bonds is 2. The van der Waals surface area contributed by atoms with Crippen molar-refractivity contribution in [1.82, 2.24) is 10.2 Å². The van der Waals surface area contributed by atoms with Crippen LogP contribution < -0.4 is 5.73 Å². The van der Waals surface area contributed by atoms with E-state index in [1.54, 1.807) is 0 Å². The van der Waals surface area contributed by atoms with Crippen LogP contribution in [0.3, 0.4) is 0 Å². The first kappa shape index (κ1) is 13.1. The first-order valence-corrected chi connectivity index (χ1v) is 5.96. The number of H-pyrrole nitrogens is 1. The molecular weight excluding hydrogens is 242 g/mol. The molecule has 0 amide bonds. The van der Waals surface area contributed by atoms with Crippen LogP contribution in [0.4, 0.5) is 5.82 Å². The molecule has 1 heterocycles. The number of benzene rings is 1. The summed E-state index contributed by atoms with van der Waals surface area (Å²) in [6, 6.07) is 4.10. The number of esters is 1. The zero-order valence-corrected chi connectivity index (χ0v) is 11.5. The van der Waals surface area contributed by atoms with Crippen molar-refractivity contribution < 1.29 is 9.53 Å². The van der Waals surface area contributed by atoms with Gasteiger partial charge < -0.3 is 10.5 Å². The fourth-order valence-electron chi connectivity index (χ4n) is 2.43. The minimum Gasteiger partial charge on any atom is -0.464 e. The van der Waals surface area contributed by atoms with Crippen LogP contribution in [0.15, 0.2) is 12.1 Å². The number of aryl methyl sites for hydroxylation is 3. The number of anilines is 1. The number of carbonyl (C=O) groups excluding carboxylic acids is 1. The number of hydrogen-bond acceptors (Lipinski definition) is 4. The highest BCUT2D eigenvalue weighted by atomic mass is 16.5. The Morgan fingerprint density at radius 3 is 2.32 bits per heavy atom. The molecule has 2 rings (SSSR count). The molecule has 1 aromatic heterocycles. The van der Waals surface area contributed by atoms with Gasteiger partial charge in [-0.05, 0) is 37.5 Å². The van der Waals surface area contributed by atoms with E-state index in [9.17, 15) is 4.79 Å². The van der Waals surface area contributed by atoms with E-state index in [-0.39, 0.29) is 5.69 Å². The zero-order valence-electron chi connectivity index (χ0n) is 11.5. The van der Waals surface area contributed by atoms with Crippen molar-refractivity contribution in [2.24, 2.45) is 0 Å². The van der Waals surface area contributed by atoms with E-state index in [2.05, 4.69) is 22.3 Å². The molecule has 0 atom stereocenters. The molecule has 100 valence electrons. The lowest BCUT2D eigenvalue weighted by Gasteiger charge is -2.12. The van der Waals surface area contributed by atoms with Crippen molar-refractivity contribution in [2.75, 3.05) is 12.8 Å². The van der Waals surface area contributed by atoms with Crippen LogP contribution >= 0.6 is 0 Å². The molecule has 0 fully saturated rings. The number of ether oxygens (including phenoxy) is 1. The van der Waals surface area contributed by atoms with Gasteiger partial charge in [-0.15, -0.1) is 0 Å². The molecule has 0 aliphatic heterocycles. The topological polar surface area (TPSA) is 81.0 Å². The van der Waals surface area contributed by atoms with Crippen LogP contribution in [0.2, 0.25) is 0 Å². The normalized spacial score (nSPS) is 10.5. The van der Waals surface area contributed by atoms with Gasteiger partial charge in [0.05, 0.1) is 12.7 Å². The van der Waals surface area contributed by atoms with E-state index in [4.69, 9.17) is 10.5 Å². The Morgan fingerprint density at radius 2 is 1.79 bits per heavy atom. The first-order valence-electron chi connectivity index (χ1n) is 5.96. The molecule has 0 saturated carbocycles. The van der Waals surface area contributed by atoms with Gasteiger partial charge in [0.2, 0.25) is 0 Å². The molecule has 3 N–H and O–H groups in total. The lowest BCUT2D eigenvalue weighted by Crippen LogP contribution is -2.05. The Bertz CT molecular complexity index is 621. The number of aromatic amines is 1. The Kier molecular flexibility index (Phi) is 3.29. The molecule has 5 heteroatoms. The number of nitrogens with two attached hydrogens (primary N) is 1. The molecule has 19 heavy (non-hydrogen) atoms. The second-order valence-corrected chi connectivity index (χ2v) is 4.62. The molecule has 0 radical (unpaired) electrons. The number of methoxy groups -OCH3 is 1. The highest BCUT2D eigenvalue weighted by Gasteiger charge is 2.22. The van der Waals surface area contributed by atoms with Crippen LogP contribution in [-0.2, 0) is 4.74 Å². The van der Waals surface area contributed by atoms with Crippen molar-refractivity contribution in [3.63, 3.8) is 0 Å². The highest BCUT2D eigenvalue weighted by molar-refractivity contribution is 5.99. The molecule has 0 spiro atoms. The van der Waals surface area contributed by atoms with Gasteiger partial charge in [0.15, 0.2) is 11.5 Å². The Hall–Kier alpha value is -2.30. The lowest BCUT2D eigenvalue weighted by atomic mass is 9.93. The van der Waals surface area contributed by atoms with Crippen molar-refractivity contribution in [3.05, 3.63) is 34.5 Å². The lowest BCUT2D eigenvalue weighted by molar-refractivity contribution is 0.0595. The summed E-state index contributed by atoms with van der Waals surface area (Å²) in [6.45, 7) is 6.01. The monoisotopic (exact) mass is 259 g/mol. The molecule has 2 aromatic rings. The van der Waals surface area contributed by atoms with E-state index in [1.807, 2.05) is 20.8 Å². The summed E-state index contributed by atoms with van der Waals surface area (Å²) in [5.41, 5.74) is 11.0. The smallest absolute Gasteiger partial charge is 0.356 e. The van der Waals surface area contributed by atoms with Gasteiger partial charge in [-0.3, -0.25) is 5.10 Å². The van der Waals surface area contributed by atoms with Crippen molar-refractivity contribution in [3.8, 4) is 11.1 Å². The predicted molar refractivity (Wildman–Crippen MR) is 74.0 cm³/mol. The summed E-state index contributed by atoms with van der Waals surface area (Å²) in [6.07, 6.45) is 0. The molecule has 0 saturated heterocycles. The zero-order chi connectivity index (χ0) is 14.2. The van der Waals surface area contributed by atoms with E-state index >= 15 is 0 Å². The minimum atomic E-state index is -0.474. The van der Waals surface area contributed by atoms with Crippen molar-refractivity contribution in [1.29, 1.82) is 0 Å². The number of nitrogens with zero attached hydrogens (tertiary/aromatic N) is 1. The van der Waals surface area contributed by atoms with Gasteiger partial charge in [-0.25, -0.2) is 4.79 Å². The summed E-state index contributed by atoms with van der Waals surface area (Å²) in [5, 5.41) is 6.56. The van der Waals surface area contributed by atoms with Crippen LogP contribution in [0, 0.1) is 20.8 Å². The van der Waals surface area contributed by atoms with Crippen LogP contribution in [0.5, 0.6) is 0 Å². The van der Waals surface area contributed by atoms with Crippen molar-refractivity contribution in [2.45, 2.75) is 20.8 Å². The molecule has 1 aromatic carbocycles. The Morgan fingerprint density at radius 1 is 1.21 bits per heavy atom. The molecule has 5 nitrogen and oxygen atoms in total. The Balaban J connectivity index is 2.72. The maximum absolute atomic E-state index is 11.8. The van der Waals surface area contributed by atoms with E-state index in [0.717, 1.165) is 16.7 Å². The van der Waals surface area contributed by atoms with Gasteiger partial charge in [0, 0.05) is 0 Å². The van der Waals surface area contributed by atoms with Gasteiger partial charge in [0.1, 0.15) is 0 Å². The Labute approximate surface area is 111 Å². The largest absolute Gasteiger partial charge is 0.464 e. The van der Waals surface area contributed by atoms with Gasteiger partial charge in [0.25, 0.3) is 0 Å². The van der Waals surface area contributed by atoms with E-state index in [0.29, 0.717) is 11.4 Å². The SMILES string of the molecule is COC(=O)c1[nH]nc(N)c1-c1c(C)cc(C)cc1C. The number of nitrogens with one attached hydrogen (secondary N) is 1. The molecule has 0 bridgehead atoms. The molecular formula is C14H17N3O2.